The number of aromatic nitrogens is 2. The second kappa shape index (κ2) is 4.84. The smallest absolute Gasteiger partial charge is 0.249 e. The number of H-pyrrole nitrogens is 1. The van der Waals surface area contributed by atoms with Crippen molar-refractivity contribution in [3.8, 4) is 0 Å². The molecule has 0 radical (unpaired) electrons. The van der Waals surface area contributed by atoms with E-state index >= 15 is 0 Å². The van der Waals surface area contributed by atoms with Crippen LogP contribution in [0.3, 0.4) is 0 Å². The molecule has 5 nitrogen and oxygen atoms in total. The van der Waals surface area contributed by atoms with E-state index in [4.69, 9.17) is 0 Å². The first-order valence-electron chi connectivity index (χ1n) is 7.70. The summed E-state index contributed by atoms with van der Waals surface area (Å²) in [7, 11) is 0. The molecule has 0 saturated carbocycles. The largest absolute Gasteiger partial charge is 0.371 e. The molecule has 4 rings (SSSR count). The number of fused-ring (bicyclic) bond motifs is 1. The highest BCUT2D eigenvalue weighted by atomic mass is 16.1. The predicted octanol–water partition coefficient (Wildman–Crippen LogP) is 1.50. The molecule has 0 aromatic carbocycles. The summed E-state index contributed by atoms with van der Waals surface area (Å²) < 4.78 is 0. The van der Waals surface area contributed by atoms with Gasteiger partial charge in [-0.3, -0.25) is 4.79 Å². The highest BCUT2D eigenvalue weighted by Gasteiger charge is 2.37. The van der Waals surface area contributed by atoms with Crippen molar-refractivity contribution in [3.63, 3.8) is 0 Å². The number of pyridine rings is 2. The van der Waals surface area contributed by atoms with Gasteiger partial charge in [0.25, 0.3) is 0 Å². The first kappa shape index (κ1) is 12.8. The summed E-state index contributed by atoms with van der Waals surface area (Å²) in [6, 6.07) is 5.53. The lowest BCUT2D eigenvalue weighted by atomic mass is 9.77. The molecule has 5 heteroatoms. The average molecular weight is 284 g/mol. The van der Waals surface area contributed by atoms with Gasteiger partial charge in [0, 0.05) is 43.0 Å². The molecule has 0 amide bonds. The van der Waals surface area contributed by atoms with Crippen molar-refractivity contribution in [2.75, 3.05) is 31.1 Å². The summed E-state index contributed by atoms with van der Waals surface area (Å²) in [6.07, 6.45) is 5.58. The number of anilines is 1. The Kier molecular flexibility index (Phi) is 2.96. The third kappa shape index (κ3) is 2.21. The molecule has 2 aliphatic heterocycles. The van der Waals surface area contributed by atoms with Gasteiger partial charge in [0.05, 0.1) is 0 Å². The Labute approximate surface area is 123 Å². The van der Waals surface area contributed by atoms with Gasteiger partial charge in [-0.15, -0.1) is 0 Å². The van der Waals surface area contributed by atoms with E-state index in [1.165, 1.54) is 38.0 Å². The number of aromatic amines is 1. The number of rotatable bonds is 1. The molecule has 1 spiro atoms. The van der Waals surface area contributed by atoms with Crippen LogP contribution in [0.2, 0.25) is 0 Å². The zero-order chi connectivity index (χ0) is 14.3. The minimum Gasteiger partial charge on any atom is -0.371 e. The third-order valence-electron chi connectivity index (χ3n) is 5.11. The van der Waals surface area contributed by atoms with Crippen molar-refractivity contribution in [3.05, 3.63) is 34.7 Å². The van der Waals surface area contributed by atoms with Crippen LogP contribution in [0.5, 0.6) is 0 Å². The van der Waals surface area contributed by atoms with Crippen molar-refractivity contribution in [1.82, 2.24) is 15.3 Å². The van der Waals surface area contributed by atoms with E-state index in [-0.39, 0.29) is 5.56 Å². The fraction of sp³-hybridized carbons (Fsp3) is 0.500. The first-order chi connectivity index (χ1) is 10.3. The summed E-state index contributed by atoms with van der Waals surface area (Å²) in [6.45, 7) is 4.50. The first-order valence-corrected chi connectivity index (χ1v) is 7.70. The van der Waals surface area contributed by atoms with Crippen LogP contribution < -0.4 is 15.8 Å². The van der Waals surface area contributed by atoms with Crippen LogP contribution in [-0.2, 0) is 0 Å². The van der Waals surface area contributed by atoms with Crippen molar-refractivity contribution in [1.29, 1.82) is 0 Å². The maximum atomic E-state index is 11.4. The van der Waals surface area contributed by atoms with E-state index in [0.717, 1.165) is 18.5 Å². The van der Waals surface area contributed by atoms with E-state index < -0.39 is 0 Å². The lowest BCUT2D eigenvalue weighted by Gasteiger charge is -2.40. The molecule has 0 aliphatic carbocycles. The lowest BCUT2D eigenvalue weighted by molar-refractivity contribution is 0.247. The quantitative estimate of drug-likeness (QED) is 0.833. The average Bonchev–Trinajstić information content (AvgIpc) is 2.95. The minimum atomic E-state index is -0.0956. The van der Waals surface area contributed by atoms with Crippen molar-refractivity contribution in [2.24, 2.45) is 5.41 Å². The fourth-order valence-electron chi connectivity index (χ4n) is 3.76. The third-order valence-corrected chi connectivity index (χ3v) is 5.11. The molecular weight excluding hydrogens is 264 g/mol. The van der Waals surface area contributed by atoms with E-state index in [0.29, 0.717) is 11.1 Å². The standard InChI is InChI=1S/C16H20N4O/c21-14-2-1-12-13(3-7-18-15(12)19-14)20-9-5-16(6-10-20)4-8-17-11-16/h1-3,7,17H,4-6,8-11H2,(H,18,19,21). The van der Waals surface area contributed by atoms with Crippen LogP contribution in [0.1, 0.15) is 19.3 Å². The molecule has 2 aromatic heterocycles. The second-order valence-electron chi connectivity index (χ2n) is 6.33. The molecule has 110 valence electrons. The molecule has 2 aromatic rings. The zero-order valence-corrected chi connectivity index (χ0v) is 12.1. The molecule has 0 unspecified atom stereocenters. The molecule has 2 N–H and O–H groups in total. The number of nitrogens with one attached hydrogen (secondary N) is 2. The number of hydrogen-bond acceptors (Lipinski definition) is 4. The Morgan fingerprint density at radius 3 is 2.76 bits per heavy atom. The normalized spacial score (nSPS) is 21.2. The molecule has 2 saturated heterocycles. The minimum absolute atomic E-state index is 0.0956. The van der Waals surface area contributed by atoms with Gasteiger partial charge in [-0.05, 0) is 43.4 Å². The van der Waals surface area contributed by atoms with Gasteiger partial charge in [-0.25, -0.2) is 4.98 Å². The fourth-order valence-corrected chi connectivity index (χ4v) is 3.76. The summed E-state index contributed by atoms with van der Waals surface area (Å²) in [5.41, 5.74) is 2.30. The Hall–Kier alpha value is -1.88. The highest BCUT2D eigenvalue weighted by molar-refractivity contribution is 5.89. The van der Waals surface area contributed by atoms with Gasteiger partial charge in [-0.1, -0.05) is 0 Å². The Morgan fingerprint density at radius 2 is 2.00 bits per heavy atom. The highest BCUT2D eigenvalue weighted by Crippen LogP contribution is 2.39. The number of nitrogens with zero attached hydrogens (tertiary/aromatic N) is 2. The topological polar surface area (TPSA) is 61.0 Å². The van der Waals surface area contributed by atoms with Gasteiger partial charge in [-0.2, -0.15) is 0 Å². The zero-order valence-electron chi connectivity index (χ0n) is 12.1. The molecule has 4 heterocycles. The van der Waals surface area contributed by atoms with Gasteiger partial charge in [0.1, 0.15) is 5.65 Å². The van der Waals surface area contributed by atoms with Crippen LogP contribution in [-0.4, -0.2) is 36.1 Å². The molecule has 2 fully saturated rings. The number of hydrogen-bond donors (Lipinski definition) is 2. The monoisotopic (exact) mass is 284 g/mol. The molecule has 0 atom stereocenters. The second-order valence-corrected chi connectivity index (χ2v) is 6.33. The molecule has 21 heavy (non-hydrogen) atoms. The molecular formula is C16H20N4O. The summed E-state index contributed by atoms with van der Waals surface area (Å²) >= 11 is 0. The van der Waals surface area contributed by atoms with Crippen LogP contribution in [0.4, 0.5) is 5.69 Å². The van der Waals surface area contributed by atoms with Crippen molar-refractivity contribution in [2.45, 2.75) is 19.3 Å². The van der Waals surface area contributed by atoms with E-state index in [1.54, 1.807) is 12.3 Å². The van der Waals surface area contributed by atoms with Gasteiger partial charge >= 0.3 is 0 Å². The molecule has 0 bridgehead atoms. The van der Waals surface area contributed by atoms with Crippen LogP contribution in [0, 0.1) is 5.41 Å². The van der Waals surface area contributed by atoms with Gasteiger partial charge in [0.2, 0.25) is 5.56 Å². The van der Waals surface area contributed by atoms with Gasteiger partial charge in [0.15, 0.2) is 0 Å². The van der Waals surface area contributed by atoms with Crippen LogP contribution in [0.15, 0.2) is 29.2 Å². The predicted molar refractivity (Wildman–Crippen MR) is 83.7 cm³/mol. The number of piperidine rings is 1. The van der Waals surface area contributed by atoms with Crippen molar-refractivity contribution < 1.29 is 0 Å². The van der Waals surface area contributed by atoms with Crippen LogP contribution in [0.25, 0.3) is 11.0 Å². The van der Waals surface area contributed by atoms with Crippen molar-refractivity contribution >= 4 is 16.7 Å². The summed E-state index contributed by atoms with van der Waals surface area (Å²) in [5, 5.41) is 4.54. The Morgan fingerprint density at radius 1 is 1.14 bits per heavy atom. The lowest BCUT2D eigenvalue weighted by Crippen LogP contribution is -2.41. The molecule has 2 aliphatic rings. The Bertz CT molecular complexity index is 708. The summed E-state index contributed by atoms with van der Waals surface area (Å²) in [4.78, 5) is 21.0. The Balaban J connectivity index is 1.64. The maximum Gasteiger partial charge on any atom is 0.249 e. The van der Waals surface area contributed by atoms with E-state index in [9.17, 15) is 4.79 Å². The van der Waals surface area contributed by atoms with E-state index in [1.807, 2.05) is 6.07 Å². The SMILES string of the molecule is O=c1ccc2c(N3CCC4(CCNC4)CC3)ccnc2[nH]1. The van der Waals surface area contributed by atoms with E-state index in [2.05, 4.69) is 26.3 Å². The maximum absolute atomic E-state index is 11.4. The van der Waals surface area contributed by atoms with Crippen LogP contribution >= 0.6 is 0 Å². The van der Waals surface area contributed by atoms with Gasteiger partial charge < -0.3 is 15.2 Å². The summed E-state index contributed by atoms with van der Waals surface area (Å²) in [5.74, 6) is 0.